The smallest absolute Gasteiger partial charge is 0.303 e. The molecule has 4 rings (SSSR count). The number of carboxylic acid groups (broad SMARTS) is 1. The molecule has 2 fully saturated rings. The fraction of sp³-hybridized carbons (Fsp3) is 0.611. The summed E-state index contributed by atoms with van der Waals surface area (Å²) < 4.78 is 11.3. The SMILES string of the molecule is O=C(O)CC1(CN2CCCC2c2ccc3c(c2)OCCO3)CC1. The lowest BCUT2D eigenvalue weighted by atomic mass is 9.99. The predicted molar refractivity (Wildman–Crippen MR) is 84.9 cm³/mol. The summed E-state index contributed by atoms with van der Waals surface area (Å²) in [6.07, 6.45) is 4.69. The van der Waals surface area contributed by atoms with Gasteiger partial charge in [-0.2, -0.15) is 0 Å². The van der Waals surface area contributed by atoms with Gasteiger partial charge in [0.2, 0.25) is 0 Å². The molecule has 0 amide bonds. The molecule has 1 aliphatic carbocycles. The van der Waals surface area contributed by atoms with E-state index in [0.29, 0.717) is 25.7 Å². The third kappa shape index (κ3) is 3.02. The molecule has 3 aliphatic rings. The molecular weight excluding hydrogens is 294 g/mol. The highest BCUT2D eigenvalue weighted by Crippen LogP contribution is 2.51. The summed E-state index contributed by atoms with van der Waals surface area (Å²) in [5.41, 5.74) is 1.28. The number of hydrogen-bond acceptors (Lipinski definition) is 4. The number of rotatable bonds is 5. The monoisotopic (exact) mass is 317 g/mol. The van der Waals surface area contributed by atoms with Gasteiger partial charge in [-0.05, 0) is 55.3 Å². The number of carboxylic acids is 1. The summed E-state index contributed by atoms with van der Waals surface area (Å²) in [6.45, 7) is 3.17. The number of ether oxygens (including phenoxy) is 2. The highest BCUT2D eigenvalue weighted by atomic mass is 16.6. The van der Waals surface area contributed by atoms with Crippen molar-refractivity contribution in [3.63, 3.8) is 0 Å². The number of nitrogens with zero attached hydrogens (tertiary/aromatic N) is 1. The molecular formula is C18H23NO4. The van der Waals surface area contributed by atoms with E-state index >= 15 is 0 Å². The quantitative estimate of drug-likeness (QED) is 0.905. The van der Waals surface area contributed by atoms with Crippen molar-refractivity contribution in [1.29, 1.82) is 0 Å². The second-order valence-electron chi connectivity index (χ2n) is 7.10. The lowest BCUT2D eigenvalue weighted by Crippen LogP contribution is -2.31. The van der Waals surface area contributed by atoms with Crippen LogP contribution in [-0.2, 0) is 4.79 Å². The van der Waals surface area contributed by atoms with Crippen LogP contribution < -0.4 is 9.47 Å². The van der Waals surface area contributed by atoms with E-state index in [9.17, 15) is 4.79 Å². The Balaban J connectivity index is 1.50. The zero-order chi connectivity index (χ0) is 15.9. The highest BCUT2D eigenvalue weighted by Gasteiger charge is 2.47. The van der Waals surface area contributed by atoms with E-state index in [2.05, 4.69) is 17.0 Å². The number of benzene rings is 1. The third-order valence-electron chi connectivity index (χ3n) is 5.34. The first-order valence-corrected chi connectivity index (χ1v) is 8.51. The molecule has 5 nitrogen and oxygen atoms in total. The molecule has 1 unspecified atom stereocenters. The molecule has 23 heavy (non-hydrogen) atoms. The second kappa shape index (κ2) is 5.71. The molecule has 0 bridgehead atoms. The first-order valence-electron chi connectivity index (χ1n) is 8.51. The van der Waals surface area contributed by atoms with Gasteiger partial charge in [0.05, 0.1) is 6.42 Å². The van der Waals surface area contributed by atoms with Crippen LogP contribution in [-0.4, -0.2) is 42.3 Å². The van der Waals surface area contributed by atoms with Crippen LogP contribution in [0.15, 0.2) is 18.2 Å². The van der Waals surface area contributed by atoms with Gasteiger partial charge in [-0.25, -0.2) is 0 Å². The van der Waals surface area contributed by atoms with Gasteiger partial charge in [0.1, 0.15) is 13.2 Å². The number of aliphatic carboxylic acids is 1. The molecule has 1 saturated carbocycles. The molecule has 1 aromatic rings. The van der Waals surface area contributed by atoms with Gasteiger partial charge in [-0.1, -0.05) is 6.07 Å². The summed E-state index contributed by atoms with van der Waals surface area (Å²) in [5.74, 6) is 0.999. The summed E-state index contributed by atoms with van der Waals surface area (Å²) in [5, 5.41) is 9.13. The molecule has 1 saturated heterocycles. The van der Waals surface area contributed by atoms with Crippen molar-refractivity contribution < 1.29 is 19.4 Å². The van der Waals surface area contributed by atoms with Gasteiger partial charge in [0.25, 0.3) is 0 Å². The topological polar surface area (TPSA) is 59.0 Å². The fourth-order valence-corrected chi connectivity index (χ4v) is 3.98. The van der Waals surface area contributed by atoms with Crippen LogP contribution in [0.1, 0.15) is 43.7 Å². The Bertz CT molecular complexity index is 611. The Morgan fingerprint density at radius 1 is 1.26 bits per heavy atom. The fourth-order valence-electron chi connectivity index (χ4n) is 3.98. The van der Waals surface area contributed by atoms with Crippen molar-refractivity contribution in [3.05, 3.63) is 23.8 Å². The van der Waals surface area contributed by atoms with E-state index in [-0.39, 0.29) is 5.41 Å². The Morgan fingerprint density at radius 3 is 2.78 bits per heavy atom. The molecule has 5 heteroatoms. The maximum Gasteiger partial charge on any atom is 0.303 e. The average molecular weight is 317 g/mol. The Labute approximate surface area is 136 Å². The molecule has 0 spiro atoms. The first-order chi connectivity index (χ1) is 11.2. The lowest BCUT2D eigenvalue weighted by Gasteiger charge is -2.29. The summed E-state index contributed by atoms with van der Waals surface area (Å²) in [4.78, 5) is 13.6. The third-order valence-corrected chi connectivity index (χ3v) is 5.34. The van der Waals surface area contributed by atoms with Crippen molar-refractivity contribution in [3.8, 4) is 11.5 Å². The first kappa shape index (κ1) is 14.8. The van der Waals surface area contributed by atoms with Gasteiger partial charge in [0.15, 0.2) is 11.5 Å². The average Bonchev–Trinajstić information content (AvgIpc) is 3.12. The van der Waals surface area contributed by atoms with E-state index in [1.165, 1.54) is 12.0 Å². The van der Waals surface area contributed by atoms with Crippen LogP contribution in [0.5, 0.6) is 11.5 Å². The van der Waals surface area contributed by atoms with E-state index < -0.39 is 5.97 Å². The number of hydrogen-bond donors (Lipinski definition) is 1. The maximum absolute atomic E-state index is 11.1. The minimum absolute atomic E-state index is 0.0161. The van der Waals surface area contributed by atoms with Crippen LogP contribution in [0.3, 0.4) is 0 Å². The number of carbonyl (C=O) groups is 1. The number of likely N-dealkylation sites (tertiary alicyclic amines) is 1. The molecule has 1 aromatic carbocycles. The van der Waals surface area contributed by atoms with Crippen molar-refractivity contribution in [2.24, 2.45) is 5.41 Å². The molecule has 1 N–H and O–H groups in total. The van der Waals surface area contributed by atoms with Crippen LogP contribution in [0.4, 0.5) is 0 Å². The van der Waals surface area contributed by atoms with Gasteiger partial charge >= 0.3 is 5.97 Å². The molecule has 124 valence electrons. The molecule has 2 aliphatic heterocycles. The minimum atomic E-state index is -0.669. The Hall–Kier alpha value is -1.75. The van der Waals surface area contributed by atoms with Crippen LogP contribution in [0, 0.1) is 5.41 Å². The minimum Gasteiger partial charge on any atom is -0.486 e. The summed E-state index contributed by atoms with van der Waals surface area (Å²) >= 11 is 0. The Kier molecular flexibility index (Phi) is 3.68. The Morgan fingerprint density at radius 2 is 2.04 bits per heavy atom. The van der Waals surface area contributed by atoms with E-state index in [0.717, 1.165) is 43.9 Å². The van der Waals surface area contributed by atoms with Gasteiger partial charge in [0, 0.05) is 12.6 Å². The maximum atomic E-state index is 11.1. The normalized spacial score (nSPS) is 25.3. The standard InChI is InChI=1S/C18H23NO4/c20-17(21)11-18(5-6-18)12-19-7-1-2-14(19)13-3-4-15-16(10-13)23-9-8-22-15/h3-4,10,14H,1-2,5-9,11-12H2,(H,20,21). The highest BCUT2D eigenvalue weighted by molar-refractivity contribution is 5.68. The predicted octanol–water partition coefficient (Wildman–Crippen LogP) is 2.85. The number of fused-ring (bicyclic) bond motifs is 1. The second-order valence-corrected chi connectivity index (χ2v) is 7.10. The van der Waals surface area contributed by atoms with Gasteiger partial charge in [-0.3, -0.25) is 9.69 Å². The van der Waals surface area contributed by atoms with Crippen molar-refractivity contribution in [1.82, 2.24) is 4.90 Å². The lowest BCUT2D eigenvalue weighted by molar-refractivity contribution is -0.138. The van der Waals surface area contributed by atoms with E-state index in [1.54, 1.807) is 0 Å². The van der Waals surface area contributed by atoms with E-state index in [1.807, 2.05) is 6.07 Å². The van der Waals surface area contributed by atoms with Crippen molar-refractivity contribution in [2.75, 3.05) is 26.3 Å². The van der Waals surface area contributed by atoms with Gasteiger partial charge in [-0.15, -0.1) is 0 Å². The molecule has 1 atom stereocenters. The summed E-state index contributed by atoms with van der Waals surface area (Å²) in [7, 11) is 0. The van der Waals surface area contributed by atoms with Gasteiger partial charge < -0.3 is 14.6 Å². The summed E-state index contributed by atoms with van der Waals surface area (Å²) in [6, 6.07) is 6.61. The zero-order valence-electron chi connectivity index (χ0n) is 13.3. The zero-order valence-corrected chi connectivity index (χ0v) is 13.3. The van der Waals surface area contributed by atoms with Crippen molar-refractivity contribution >= 4 is 5.97 Å². The molecule has 0 radical (unpaired) electrons. The van der Waals surface area contributed by atoms with Crippen LogP contribution >= 0.6 is 0 Å². The van der Waals surface area contributed by atoms with E-state index in [4.69, 9.17) is 14.6 Å². The van der Waals surface area contributed by atoms with Crippen LogP contribution in [0.25, 0.3) is 0 Å². The largest absolute Gasteiger partial charge is 0.486 e. The van der Waals surface area contributed by atoms with Crippen LogP contribution in [0.2, 0.25) is 0 Å². The molecule has 2 heterocycles. The van der Waals surface area contributed by atoms with Crippen molar-refractivity contribution in [2.45, 2.75) is 38.1 Å². The molecule has 0 aromatic heterocycles.